The molecule has 0 spiro atoms. The number of Topliss-reactive ketones (excluding diaryl/α,β-unsaturated/α-hetero) is 1. The number of hydrogen-bond acceptors (Lipinski definition) is 6. The summed E-state index contributed by atoms with van der Waals surface area (Å²) in [5.41, 5.74) is 0.396. The van der Waals surface area contributed by atoms with Crippen LogP contribution in [-0.2, 0) is 14.3 Å². The first-order valence-electron chi connectivity index (χ1n) is 8.96. The monoisotopic (exact) mass is 385 g/mol. The number of ketones is 1. The Hall–Kier alpha value is -3.06. The quantitative estimate of drug-likeness (QED) is 0.341. The molecule has 1 unspecified atom stereocenters. The maximum atomic E-state index is 12.8. The number of carbonyl (C=O) groups is 2. The molecule has 1 N–H and O–H groups in total. The number of benzene rings is 1. The fraction of sp³-hybridized carbons (Fsp3) is 0.333. The van der Waals surface area contributed by atoms with Crippen LogP contribution < -0.4 is 4.74 Å². The van der Waals surface area contributed by atoms with Gasteiger partial charge in [-0.1, -0.05) is 12.1 Å². The third-order valence-corrected chi connectivity index (χ3v) is 4.66. The van der Waals surface area contributed by atoms with Crippen molar-refractivity contribution in [3.05, 3.63) is 59.1 Å². The van der Waals surface area contributed by atoms with Gasteiger partial charge in [0.1, 0.15) is 29.1 Å². The Morgan fingerprint density at radius 2 is 2.00 bits per heavy atom. The van der Waals surface area contributed by atoms with Crippen LogP contribution in [-0.4, -0.2) is 49.1 Å². The summed E-state index contributed by atoms with van der Waals surface area (Å²) < 4.78 is 16.0. The predicted octanol–water partition coefficient (Wildman–Crippen LogP) is 3.05. The van der Waals surface area contributed by atoms with E-state index in [1.54, 1.807) is 50.4 Å². The highest BCUT2D eigenvalue weighted by Crippen LogP contribution is 2.40. The standard InChI is InChI=1S/C21H23NO6/c1-13-8-9-16(28-13)18-17(19(23)14-6-4-7-15(12-14)27-3)20(24)21(25)22(18)10-5-11-26-2/h4,6-9,12,18,23H,5,10-11H2,1-3H3/b19-17-. The summed E-state index contributed by atoms with van der Waals surface area (Å²) in [6.45, 7) is 2.53. The highest BCUT2D eigenvalue weighted by atomic mass is 16.5. The summed E-state index contributed by atoms with van der Waals surface area (Å²) in [6.07, 6.45) is 0.554. The predicted molar refractivity (Wildman–Crippen MR) is 102 cm³/mol. The summed E-state index contributed by atoms with van der Waals surface area (Å²) in [7, 11) is 3.09. The van der Waals surface area contributed by atoms with E-state index in [0.29, 0.717) is 42.4 Å². The van der Waals surface area contributed by atoms with E-state index in [4.69, 9.17) is 13.9 Å². The molecule has 1 aliphatic rings. The molecule has 1 atom stereocenters. The lowest BCUT2D eigenvalue weighted by Crippen LogP contribution is -2.31. The van der Waals surface area contributed by atoms with Crippen LogP contribution in [0.25, 0.3) is 5.76 Å². The summed E-state index contributed by atoms with van der Waals surface area (Å²) in [5, 5.41) is 10.9. The molecule has 0 saturated carbocycles. The number of aliphatic hydroxyl groups is 1. The Kier molecular flexibility index (Phi) is 5.84. The van der Waals surface area contributed by atoms with E-state index >= 15 is 0 Å². The largest absolute Gasteiger partial charge is 0.507 e. The zero-order chi connectivity index (χ0) is 20.3. The summed E-state index contributed by atoms with van der Waals surface area (Å²) in [6, 6.07) is 9.38. The molecule has 0 bridgehead atoms. The Morgan fingerprint density at radius 1 is 1.21 bits per heavy atom. The number of amides is 1. The first-order chi connectivity index (χ1) is 13.5. The van der Waals surface area contributed by atoms with Crippen molar-refractivity contribution < 1.29 is 28.6 Å². The number of ether oxygens (including phenoxy) is 2. The van der Waals surface area contributed by atoms with Crippen LogP contribution in [0.15, 0.2) is 46.4 Å². The zero-order valence-corrected chi connectivity index (χ0v) is 16.1. The molecule has 1 aromatic carbocycles. The van der Waals surface area contributed by atoms with E-state index in [1.165, 1.54) is 12.0 Å². The fourth-order valence-electron chi connectivity index (χ4n) is 3.31. The minimum absolute atomic E-state index is 0.00465. The molecule has 148 valence electrons. The van der Waals surface area contributed by atoms with Gasteiger partial charge in [-0.05, 0) is 37.6 Å². The minimum atomic E-state index is -0.795. The van der Waals surface area contributed by atoms with E-state index in [2.05, 4.69) is 0 Å². The molecule has 7 heteroatoms. The molecule has 1 aliphatic heterocycles. The van der Waals surface area contributed by atoms with Gasteiger partial charge in [0.15, 0.2) is 0 Å². The van der Waals surface area contributed by atoms with Crippen molar-refractivity contribution in [2.24, 2.45) is 0 Å². The average molecular weight is 385 g/mol. The Bertz CT molecular complexity index is 913. The van der Waals surface area contributed by atoms with Gasteiger partial charge < -0.3 is 23.9 Å². The number of aryl methyl sites for hydroxylation is 1. The lowest BCUT2D eigenvalue weighted by atomic mass is 9.99. The molecule has 1 amide bonds. The average Bonchev–Trinajstić information content (AvgIpc) is 3.23. The normalized spacial score (nSPS) is 18.7. The van der Waals surface area contributed by atoms with Gasteiger partial charge in [0, 0.05) is 25.8 Å². The number of rotatable bonds is 7. The highest BCUT2D eigenvalue weighted by molar-refractivity contribution is 6.46. The topological polar surface area (TPSA) is 89.2 Å². The van der Waals surface area contributed by atoms with Crippen LogP contribution in [0, 0.1) is 6.92 Å². The molecule has 1 fully saturated rings. The second kappa shape index (κ2) is 8.31. The van der Waals surface area contributed by atoms with E-state index in [-0.39, 0.29) is 11.3 Å². The third-order valence-electron chi connectivity index (χ3n) is 4.66. The van der Waals surface area contributed by atoms with Gasteiger partial charge in [0.25, 0.3) is 11.7 Å². The van der Waals surface area contributed by atoms with Crippen LogP contribution in [0.4, 0.5) is 0 Å². The van der Waals surface area contributed by atoms with Gasteiger partial charge in [-0.2, -0.15) is 0 Å². The van der Waals surface area contributed by atoms with Crippen molar-refractivity contribution in [1.29, 1.82) is 0 Å². The lowest BCUT2D eigenvalue weighted by Gasteiger charge is -2.23. The first kappa shape index (κ1) is 19.7. The van der Waals surface area contributed by atoms with Gasteiger partial charge in [0.2, 0.25) is 0 Å². The van der Waals surface area contributed by atoms with Crippen LogP contribution in [0.2, 0.25) is 0 Å². The number of furan rings is 1. The maximum absolute atomic E-state index is 12.8. The highest BCUT2D eigenvalue weighted by Gasteiger charge is 2.47. The van der Waals surface area contributed by atoms with E-state index in [9.17, 15) is 14.7 Å². The van der Waals surface area contributed by atoms with Crippen molar-refractivity contribution in [2.45, 2.75) is 19.4 Å². The molecule has 28 heavy (non-hydrogen) atoms. The third kappa shape index (κ3) is 3.66. The Labute approximate surface area is 163 Å². The Balaban J connectivity index is 2.10. The molecule has 2 heterocycles. The van der Waals surface area contributed by atoms with Crippen LogP contribution in [0.3, 0.4) is 0 Å². The van der Waals surface area contributed by atoms with Crippen LogP contribution >= 0.6 is 0 Å². The number of aliphatic hydroxyl groups excluding tert-OH is 1. The smallest absolute Gasteiger partial charge is 0.295 e. The second-order valence-corrected chi connectivity index (χ2v) is 6.52. The number of methoxy groups -OCH3 is 2. The Morgan fingerprint density at radius 3 is 2.64 bits per heavy atom. The van der Waals surface area contributed by atoms with Gasteiger partial charge in [-0.25, -0.2) is 0 Å². The molecule has 1 saturated heterocycles. The first-order valence-corrected chi connectivity index (χ1v) is 8.96. The van der Waals surface area contributed by atoms with E-state index < -0.39 is 17.7 Å². The van der Waals surface area contributed by atoms with E-state index in [1.807, 2.05) is 0 Å². The molecular formula is C21H23NO6. The molecule has 1 aromatic heterocycles. The van der Waals surface area contributed by atoms with Crippen molar-refractivity contribution >= 4 is 17.4 Å². The van der Waals surface area contributed by atoms with Crippen molar-refractivity contribution in [2.75, 3.05) is 27.4 Å². The lowest BCUT2D eigenvalue weighted by molar-refractivity contribution is -0.140. The number of nitrogens with zero attached hydrogens (tertiary/aromatic N) is 1. The van der Waals surface area contributed by atoms with E-state index in [0.717, 1.165) is 0 Å². The summed E-state index contributed by atoms with van der Waals surface area (Å²) in [5.74, 6) is -0.0527. The molecule has 7 nitrogen and oxygen atoms in total. The van der Waals surface area contributed by atoms with Crippen LogP contribution in [0.5, 0.6) is 5.75 Å². The van der Waals surface area contributed by atoms with Crippen molar-refractivity contribution in [1.82, 2.24) is 4.90 Å². The summed E-state index contributed by atoms with van der Waals surface area (Å²) >= 11 is 0. The SMILES string of the molecule is COCCCN1C(=O)C(=O)/C(=C(\O)c2cccc(OC)c2)C1c1ccc(C)o1. The number of hydrogen-bond donors (Lipinski definition) is 1. The second-order valence-electron chi connectivity index (χ2n) is 6.52. The van der Waals surface area contributed by atoms with Gasteiger partial charge in [-0.15, -0.1) is 0 Å². The molecular weight excluding hydrogens is 362 g/mol. The summed E-state index contributed by atoms with van der Waals surface area (Å²) in [4.78, 5) is 26.9. The maximum Gasteiger partial charge on any atom is 0.295 e. The van der Waals surface area contributed by atoms with Gasteiger partial charge >= 0.3 is 0 Å². The zero-order valence-electron chi connectivity index (χ0n) is 16.1. The molecule has 0 aliphatic carbocycles. The minimum Gasteiger partial charge on any atom is -0.507 e. The van der Waals surface area contributed by atoms with Gasteiger partial charge in [-0.3, -0.25) is 9.59 Å². The fourth-order valence-corrected chi connectivity index (χ4v) is 3.31. The van der Waals surface area contributed by atoms with Crippen LogP contribution in [0.1, 0.15) is 29.5 Å². The number of likely N-dealkylation sites (tertiary alicyclic amines) is 1. The number of carbonyl (C=O) groups excluding carboxylic acids is 2. The molecule has 2 aromatic rings. The molecule has 3 rings (SSSR count). The van der Waals surface area contributed by atoms with Crippen molar-refractivity contribution in [3.8, 4) is 5.75 Å². The van der Waals surface area contributed by atoms with Crippen molar-refractivity contribution in [3.63, 3.8) is 0 Å². The molecule has 0 radical (unpaired) electrons. The van der Waals surface area contributed by atoms with Gasteiger partial charge in [0.05, 0.1) is 12.7 Å².